The van der Waals surface area contributed by atoms with Crippen molar-refractivity contribution in [3.8, 4) is 0 Å². The second-order valence-corrected chi connectivity index (χ2v) is 9.00. The zero-order chi connectivity index (χ0) is 26.0. The van der Waals surface area contributed by atoms with Crippen molar-refractivity contribution in [2.45, 2.75) is 43.3 Å². The van der Waals surface area contributed by atoms with Gasteiger partial charge in [-0.05, 0) is 38.1 Å². The third kappa shape index (κ3) is 4.11. The molecule has 1 amide bonds. The topological polar surface area (TPSA) is 75.0 Å². The van der Waals surface area contributed by atoms with Crippen LogP contribution in [-0.4, -0.2) is 51.5 Å². The number of nitrogens with zero attached hydrogens (tertiary/aromatic N) is 3. The number of pyridine rings is 1. The Morgan fingerprint density at radius 1 is 1.11 bits per heavy atom. The predicted octanol–water partition coefficient (Wildman–Crippen LogP) is 3.86. The standard InChI is InChI=1S/C22H18F7N3O3/c1-19(2,34)18(33)32-9-20(26,10-32)16-4-3-11(8-30-16)15-7-21(35-31-15,22(27,28)29)12-5-13(23)17(25)14(24)6-12/h3-6,8,34H,7,9-10H2,1-2H3. The Morgan fingerprint density at radius 2 is 1.71 bits per heavy atom. The number of aromatic nitrogens is 1. The Morgan fingerprint density at radius 3 is 2.20 bits per heavy atom. The molecule has 1 saturated heterocycles. The maximum absolute atomic E-state index is 15.1. The lowest BCUT2D eigenvalue weighted by Gasteiger charge is -2.45. The fourth-order valence-electron chi connectivity index (χ4n) is 3.93. The largest absolute Gasteiger partial charge is 0.435 e. The van der Waals surface area contributed by atoms with Crippen LogP contribution < -0.4 is 0 Å². The molecule has 4 rings (SSSR count). The van der Waals surface area contributed by atoms with Gasteiger partial charge < -0.3 is 14.8 Å². The first-order chi connectivity index (χ1) is 16.1. The van der Waals surface area contributed by atoms with Gasteiger partial charge >= 0.3 is 6.18 Å². The first-order valence-electron chi connectivity index (χ1n) is 10.2. The van der Waals surface area contributed by atoms with Crippen molar-refractivity contribution in [1.29, 1.82) is 0 Å². The highest BCUT2D eigenvalue weighted by Crippen LogP contribution is 2.49. The van der Waals surface area contributed by atoms with Crippen LogP contribution in [0.3, 0.4) is 0 Å². The number of oxime groups is 1. The average Bonchev–Trinajstić information content (AvgIpc) is 3.21. The van der Waals surface area contributed by atoms with Gasteiger partial charge in [-0.25, -0.2) is 17.6 Å². The quantitative estimate of drug-likeness (QED) is 0.506. The average molecular weight is 505 g/mol. The SMILES string of the molecule is CC(C)(O)C(=O)N1CC(F)(c2ccc(C3=NOC(c4cc(F)c(F)c(F)c4)(C(F)(F)F)C3)cn2)C1. The third-order valence-corrected chi connectivity index (χ3v) is 5.89. The summed E-state index contributed by atoms with van der Waals surface area (Å²) in [7, 11) is 0. The van der Waals surface area contributed by atoms with Gasteiger partial charge in [-0.15, -0.1) is 0 Å². The first-order valence-corrected chi connectivity index (χ1v) is 10.2. The summed E-state index contributed by atoms with van der Waals surface area (Å²) in [4.78, 5) is 21.7. The molecular weight excluding hydrogens is 487 g/mol. The van der Waals surface area contributed by atoms with Crippen LogP contribution in [-0.2, 0) is 20.9 Å². The first kappa shape index (κ1) is 24.9. The Balaban J connectivity index is 1.55. The second-order valence-electron chi connectivity index (χ2n) is 9.00. The molecule has 1 aromatic carbocycles. The number of amides is 1. The minimum Gasteiger partial charge on any atom is -0.381 e. The van der Waals surface area contributed by atoms with E-state index in [0.29, 0.717) is 0 Å². The molecule has 0 aliphatic carbocycles. The van der Waals surface area contributed by atoms with Crippen LogP contribution in [0.15, 0.2) is 35.6 Å². The lowest BCUT2D eigenvalue weighted by molar-refractivity contribution is -0.276. The summed E-state index contributed by atoms with van der Waals surface area (Å²) in [6, 6.07) is 2.82. The fraction of sp³-hybridized carbons (Fsp3) is 0.409. The van der Waals surface area contributed by atoms with E-state index in [0.717, 1.165) is 11.1 Å². The number of carbonyl (C=O) groups is 1. The summed E-state index contributed by atoms with van der Waals surface area (Å²) in [5.74, 6) is -6.24. The monoisotopic (exact) mass is 505 g/mol. The lowest BCUT2D eigenvalue weighted by atomic mass is 9.86. The van der Waals surface area contributed by atoms with E-state index in [9.17, 15) is 36.2 Å². The summed E-state index contributed by atoms with van der Waals surface area (Å²) in [5, 5.41) is 13.2. The van der Waals surface area contributed by atoms with Gasteiger partial charge in [0.2, 0.25) is 0 Å². The van der Waals surface area contributed by atoms with Crippen LogP contribution in [0.5, 0.6) is 0 Å². The molecule has 6 nitrogen and oxygen atoms in total. The van der Waals surface area contributed by atoms with Gasteiger partial charge in [0.05, 0.1) is 30.9 Å². The molecule has 1 aromatic heterocycles. The number of carbonyl (C=O) groups excluding carboxylic acids is 1. The molecule has 1 N–H and O–H groups in total. The molecule has 2 aliphatic heterocycles. The highest BCUT2D eigenvalue weighted by molar-refractivity contribution is 6.01. The van der Waals surface area contributed by atoms with E-state index in [1.165, 1.54) is 26.0 Å². The third-order valence-electron chi connectivity index (χ3n) is 5.89. The minimum atomic E-state index is -5.19. The number of benzene rings is 1. The van der Waals surface area contributed by atoms with Crippen molar-refractivity contribution in [3.05, 3.63) is 64.7 Å². The molecule has 2 aliphatic rings. The van der Waals surface area contributed by atoms with Crippen LogP contribution in [0, 0.1) is 17.5 Å². The zero-order valence-electron chi connectivity index (χ0n) is 18.3. The van der Waals surface area contributed by atoms with Crippen LogP contribution in [0.1, 0.15) is 37.1 Å². The second kappa shape index (κ2) is 7.90. The molecule has 3 heterocycles. The Bertz CT molecular complexity index is 1180. The smallest absolute Gasteiger partial charge is 0.381 e. The number of hydrogen-bond acceptors (Lipinski definition) is 5. The van der Waals surface area contributed by atoms with Gasteiger partial charge in [0.15, 0.2) is 23.1 Å². The zero-order valence-corrected chi connectivity index (χ0v) is 18.3. The summed E-state index contributed by atoms with van der Waals surface area (Å²) in [6.07, 6.45) is -5.14. The summed E-state index contributed by atoms with van der Waals surface area (Å²) in [5.41, 5.74) is -8.35. The fourth-order valence-corrected chi connectivity index (χ4v) is 3.93. The van der Waals surface area contributed by atoms with E-state index in [2.05, 4.69) is 15.0 Å². The van der Waals surface area contributed by atoms with Crippen molar-refractivity contribution >= 4 is 11.6 Å². The number of likely N-dealkylation sites (tertiary alicyclic amines) is 1. The van der Waals surface area contributed by atoms with Crippen molar-refractivity contribution in [2.24, 2.45) is 5.16 Å². The van der Waals surface area contributed by atoms with Crippen molar-refractivity contribution < 1.29 is 45.5 Å². The van der Waals surface area contributed by atoms with Gasteiger partial charge in [-0.3, -0.25) is 9.78 Å². The summed E-state index contributed by atoms with van der Waals surface area (Å²) in [6.45, 7) is 1.79. The molecule has 0 spiro atoms. The van der Waals surface area contributed by atoms with E-state index in [1.807, 2.05) is 0 Å². The van der Waals surface area contributed by atoms with Crippen LogP contribution in [0.4, 0.5) is 30.7 Å². The maximum Gasteiger partial charge on any atom is 0.435 e. The van der Waals surface area contributed by atoms with Crippen LogP contribution in [0.25, 0.3) is 0 Å². The molecule has 188 valence electrons. The van der Waals surface area contributed by atoms with Crippen molar-refractivity contribution in [3.63, 3.8) is 0 Å². The molecule has 1 unspecified atom stereocenters. The Kier molecular flexibility index (Phi) is 5.62. The Hall–Kier alpha value is -3.22. The van der Waals surface area contributed by atoms with Crippen LogP contribution >= 0.6 is 0 Å². The maximum atomic E-state index is 15.1. The van der Waals surface area contributed by atoms with E-state index in [-0.39, 0.29) is 42.2 Å². The van der Waals surface area contributed by atoms with E-state index >= 15 is 4.39 Å². The minimum absolute atomic E-state index is 0.0234. The highest BCUT2D eigenvalue weighted by Gasteiger charge is 2.62. The van der Waals surface area contributed by atoms with Gasteiger partial charge in [0.25, 0.3) is 11.5 Å². The molecular formula is C22H18F7N3O3. The van der Waals surface area contributed by atoms with E-state index < -0.39 is 58.4 Å². The summed E-state index contributed by atoms with van der Waals surface area (Å²) >= 11 is 0. The summed E-state index contributed by atoms with van der Waals surface area (Å²) < 4.78 is 97.6. The van der Waals surface area contributed by atoms with Crippen LogP contribution in [0.2, 0.25) is 0 Å². The van der Waals surface area contributed by atoms with E-state index in [4.69, 9.17) is 0 Å². The number of rotatable bonds is 4. The molecule has 2 aromatic rings. The normalized spacial score (nSPS) is 21.9. The van der Waals surface area contributed by atoms with Crippen molar-refractivity contribution in [1.82, 2.24) is 9.88 Å². The number of hydrogen-bond donors (Lipinski definition) is 1. The molecule has 35 heavy (non-hydrogen) atoms. The molecule has 13 heteroatoms. The van der Waals surface area contributed by atoms with Gasteiger partial charge in [0, 0.05) is 17.3 Å². The lowest BCUT2D eigenvalue weighted by Crippen LogP contribution is -2.62. The van der Waals surface area contributed by atoms with Gasteiger partial charge in [-0.1, -0.05) is 5.16 Å². The number of halogens is 7. The van der Waals surface area contributed by atoms with E-state index in [1.54, 1.807) is 0 Å². The number of aliphatic hydroxyl groups is 1. The molecule has 1 atom stereocenters. The van der Waals surface area contributed by atoms with Gasteiger partial charge in [0.1, 0.15) is 5.60 Å². The van der Waals surface area contributed by atoms with Gasteiger partial charge in [-0.2, -0.15) is 13.2 Å². The molecule has 0 bridgehead atoms. The molecule has 0 radical (unpaired) electrons. The predicted molar refractivity (Wildman–Crippen MR) is 106 cm³/mol. The number of alkyl halides is 4. The highest BCUT2D eigenvalue weighted by atomic mass is 19.4. The molecule has 1 fully saturated rings. The van der Waals surface area contributed by atoms with Crippen molar-refractivity contribution in [2.75, 3.05) is 13.1 Å². The Labute approximate surface area is 194 Å². The molecule has 0 saturated carbocycles.